The summed E-state index contributed by atoms with van der Waals surface area (Å²) in [6.07, 6.45) is -0.289. The molecule has 0 fully saturated rings. The normalized spacial score (nSPS) is 24.9. The third-order valence-corrected chi connectivity index (χ3v) is 3.13. The number of methoxy groups -OCH3 is 1. The van der Waals surface area contributed by atoms with Crippen LogP contribution in [0.15, 0.2) is 18.2 Å². The highest BCUT2D eigenvalue weighted by atomic mass is 19.1. The Morgan fingerprint density at radius 1 is 1.59 bits per heavy atom. The van der Waals surface area contributed by atoms with Gasteiger partial charge >= 0.3 is 0 Å². The number of rotatable bonds is 3. The van der Waals surface area contributed by atoms with Crippen molar-refractivity contribution in [1.29, 1.82) is 0 Å². The van der Waals surface area contributed by atoms with E-state index in [1.54, 1.807) is 13.2 Å². The smallest absolute Gasteiger partial charge is 0.125 e. The number of aliphatic hydroxyl groups excluding tert-OH is 1. The van der Waals surface area contributed by atoms with Crippen LogP contribution in [0.5, 0.6) is 5.75 Å². The Hall–Kier alpha value is -1.13. The molecule has 1 N–H and O–H groups in total. The molecule has 0 aliphatic carbocycles. The summed E-state index contributed by atoms with van der Waals surface area (Å²) in [5.74, 6) is 0.403. The molecule has 0 amide bonds. The third-order valence-electron chi connectivity index (χ3n) is 3.13. The number of aliphatic hydroxyl groups is 1. The van der Waals surface area contributed by atoms with Gasteiger partial charge in [0.2, 0.25) is 0 Å². The molecular weight excluding hydrogens is 223 g/mol. The van der Waals surface area contributed by atoms with Crippen molar-refractivity contribution in [3.8, 4) is 5.75 Å². The lowest BCUT2D eigenvalue weighted by atomic mass is 9.92. The van der Waals surface area contributed by atoms with Crippen LogP contribution in [0.2, 0.25) is 0 Å². The van der Waals surface area contributed by atoms with E-state index in [4.69, 9.17) is 9.47 Å². The molecule has 1 aromatic carbocycles. The summed E-state index contributed by atoms with van der Waals surface area (Å²) in [5.41, 5.74) is 0.533. The Labute approximate surface area is 100 Å². The molecule has 0 saturated heterocycles. The number of hydrogen-bond donors (Lipinski definition) is 1. The largest absolute Gasteiger partial charge is 0.490 e. The summed E-state index contributed by atoms with van der Waals surface area (Å²) in [7, 11) is 1.64. The maximum absolute atomic E-state index is 13.1. The summed E-state index contributed by atoms with van der Waals surface area (Å²) in [6.45, 7) is 2.59. The fourth-order valence-electron chi connectivity index (χ4n) is 2.16. The van der Waals surface area contributed by atoms with Gasteiger partial charge < -0.3 is 14.6 Å². The van der Waals surface area contributed by atoms with Gasteiger partial charge in [0.05, 0.1) is 12.7 Å². The Morgan fingerprint density at radius 2 is 2.35 bits per heavy atom. The quantitative estimate of drug-likeness (QED) is 0.881. The number of hydrogen-bond acceptors (Lipinski definition) is 3. The molecule has 3 nitrogen and oxygen atoms in total. The van der Waals surface area contributed by atoms with Gasteiger partial charge in [-0.2, -0.15) is 0 Å². The van der Waals surface area contributed by atoms with E-state index in [1.807, 2.05) is 6.92 Å². The van der Waals surface area contributed by atoms with Crippen LogP contribution in [0.1, 0.15) is 25.0 Å². The highest BCUT2D eigenvalue weighted by molar-refractivity contribution is 5.37. The van der Waals surface area contributed by atoms with E-state index in [2.05, 4.69) is 0 Å². The second-order valence-electron chi connectivity index (χ2n) is 4.52. The SMILES string of the molecule is COCC(C)C1C[C@H](O)c2cc(F)ccc2O1. The van der Waals surface area contributed by atoms with Crippen molar-refractivity contribution in [3.63, 3.8) is 0 Å². The average molecular weight is 240 g/mol. The Kier molecular flexibility index (Phi) is 3.64. The van der Waals surface area contributed by atoms with Crippen LogP contribution in [0.25, 0.3) is 0 Å². The fourth-order valence-corrected chi connectivity index (χ4v) is 2.16. The second-order valence-corrected chi connectivity index (χ2v) is 4.52. The van der Waals surface area contributed by atoms with Crippen LogP contribution < -0.4 is 4.74 Å². The van der Waals surface area contributed by atoms with Crippen LogP contribution >= 0.6 is 0 Å². The topological polar surface area (TPSA) is 38.7 Å². The first-order valence-electron chi connectivity index (χ1n) is 5.75. The molecule has 4 heteroatoms. The molecule has 94 valence electrons. The highest BCUT2D eigenvalue weighted by Gasteiger charge is 2.30. The lowest BCUT2D eigenvalue weighted by Crippen LogP contribution is -2.33. The van der Waals surface area contributed by atoms with Crippen molar-refractivity contribution in [2.24, 2.45) is 5.92 Å². The van der Waals surface area contributed by atoms with Gasteiger partial charge in [-0.3, -0.25) is 0 Å². The van der Waals surface area contributed by atoms with E-state index in [0.29, 0.717) is 24.3 Å². The van der Waals surface area contributed by atoms with Crippen molar-refractivity contribution < 1.29 is 19.0 Å². The van der Waals surface area contributed by atoms with Gasteiger partial charge in [0.15, 0.2) is 0 Å². The zero-order chi connectivity index (χ0) is 12.4. The standard InChI is InChI=1S/C13H17FO3/c1-8(7-16-2)13-6-11(15)10-5-9(14)3-4-12(10)17-13/h3-5,8,11,13,15H,6-7H2,1-2H3/t8?,11-,13?/m0/s1. The monoisotopic (exact) mass is 240 g/mol. The minimum Gasteiger partial charge on any atom is -0.490 e. The first-order valence-corrected chi connectivity index (χ1v) is 5.75. The van der Waals surface area contributed by atoms with Crippen molar-refractivity contribution in [2.75, 3.05) is 13.7 Å². The first kappa shape index (κ1) is 12.3. The minimum absolute atomic E-state index is 0.0945. The minimum atomic E-state index is -0.668. The third kappa shape index (κ3) is 2.58. The molecule has 2 unspecified atom stereocenters. The van der Waals surface area contributed by atoms with E-state index < -0.39 is 6.10 Å². The van der Waals surface area contributed by atoms with E-state index in [9.17, 15) is 9.50 Å². The first-order chi connectivity index (χ1) is 8.11. The van der Waals surface area contributed by atoms with E-state index in [0.717, 1.165) is 0 Å². The van der Waals surface area contributed by atoms with Gasteiger partial charge in [0.25, 0.3) is 0 Å². The number of fused-ring (bicyclic) bond motifs is 1. The van der Waals surface area contributed by atoms with Crippen LogP contribution in [0.3, 0.4) is 0 Å². The molecular formula is C13H17FO3. The Balaban J connectivity index is 2.18. The molecule has 1 aliphatic heterocycles. The van der Waals surface area contributed by atoms with Crippen molar-refractivity contribution in [3.05, 3.63) is 29.6 Å². The van der Waals surface area contributed by atoms with Gasteiger partial charge in [-0.15, -0.1) is 0 Å². The molecule has 0 radical (unpaired) electrons. The molecule has 0 saturated carbocycles. The average Bonchev–Trinajstić information content (AvgIpc) is 2.30. The van der Waals surface area contributed by atoms with E-state index >= 15 is 0 Å². The molecule has 1 heterocycles. The highest BCUT2D eigenvalue weighted by Crippen LogP contribution is 2.37. The van der Waals surface area contributed by atoms with Crippen LogP contribution in [0, 0.1) is 11.7 Å². The predicted octanol–water partition coefficient (Wildman–Crippen LogP) is 2.29. The van der Waals surface area contributed by atoms with E-state index in [1.165, 1.54) is 12.1 Å². The fraction of sp³-hybridized carbons (Fsp3) is 0.538. The number of ether oxygens (including phenoxy) is 2. The Bertz CT molecular complexity index is 394. The maximum atomic E-state index is 13.1. The summed E-state index contributed by atoms with van der Waals surface area (Å²) < 4.78 is 23.9. The van der Waals surface area contributed by atoms with Gasteiger partial charge in [-0.1, -0.05) is 6.92 Å². The van der Waals surface area contributed by atoms with Crippen molar-refractivity contribution in [2.45, 2.75) is 25.6 Å². The summed E-state index contributed by atoms with van der Waals surface area (Å²) in [4.78, 5) is 0. The zero-order valence-electron chi connectivity index (χ0n) is 10.0. The summed E-state index contributed by atoms with van der Waals surface area (Å²) in [5, 5.41) is 9.99. The van der Waals surface area contributed by atoms with Crippen molar-refractivity contribution in [1.82, 2.24) is 0 Å². The van der Waals surface area contributed by atoms with Gasteiger partial charge in [0.1, 0.15) is 17.7 Å². The lowest BCUT2D eigenvalue weighted by Gasteiger charge is -2.32. The van der Waals surface area contributed by atoms with Crippen LogP contribution in [0.4, 0.5) is 4.39 Å². The van der Waals surface area contributed by atoms with E-state index in [-0.39, 0.29) is 17.8 Å². The molecule has 0 aromatic heterocycles. The molecule has 2 rings (SSSR count). The lowest BCUT2D eigenvalue weighted by molar-refractivity contribution is 0.0135. The number of benzene rings is 1. The molecule has 3 atom stereocenters. The summed E-state index contributed by atoms with van der Waals surface area (Å²) >= 11 is 0. The zero-order valence-corrected chi connectivity index (χ0v) is 10.0. The molecule has 1 aliphatic rings. The van der Waals surface area contributed by atoms with Crippen molar-refractivity contribution >= 4 is 0 Å². The van der Waals surface area contributed by atoms with Crippen LogP contribution in [-0.2, 0) is 4.74 Å². The predicted molar refractivity (Wildman–Crippen MR) is 61.4 cm³/mol. The molecule has 1 aromatic rings. The van der Waals surface area contributed by atoms with Crippen LogP contribution in [-0.4, -0.2) is 24.9 Å². The number of halogens is 1. The molecule has 0 spiro atoms. The van der Waals surface area contributed by atoms with Gasteiger partial charge in [-0.05, 0) is 18.2 Å². The summed E-state index contributed by atoms with van der Waals surface area (Å²) in [6, 6.07) is 4.24. The Morgan fingerprint density at radius 3 is 3.06 bits per heavy atom. The molecule has 0 bridgehead atoms. The molecule has 17 heavy (non-hydrogen) atoms. The maximum Gasteiger partial charge on any atom is 0.125 e. The van der Waals surface area contributed by atoms with Gasteiger partial charge in [0, 0.05) is 25.0 Å². The van der Waals surface area contributed by atoms with Gasteiger partial charge in [-0.25, -0.2) is 4.39 Å². The second kappa shape index (κ2) is 5.02.